The number of fused-ring (bicyclic) bond motifs is 1. The molecule has 1 saturated heterocycles. The zero-order valence-electron chi connectivity index (χ0n) is 11.6. The molecule has 0 radical (unpaired) electrons. The van der Waals surface area contributed by atoms with Gasteiger partial charge in [0.1, 0.15) is 13.1 Å². The number of likely N-dealkylation sites (tertiary alicyclic amines) is 1. The van der Waals surface area contributed by atoms with Gasteiger partial charge in [-0.05, 0) is 12.1 Å². The molecule has 98 valence electrons. The Balaban J connectivity index is 1.90. The molecular formula is C15H25N3+2. The summed E-state index contributed by atoms with van der Waals surface area (Å²) in [6.45, 7) is 5.16. The van der Waals surface area contributed by atoms with E-state index in [0.29, 0.717) is 0 Å². The van der Waals surface area contributed by atoms with Crippen LogP contribution in [0.2, 0.25) is 0 Å². The maximum Gasteiger partial charge on any atom is 0.163 e. The van der Waals surface area contributed by atoms with Crippen molar-refractivity contribution in [3.63, 3.8) is 0 Å². The van der Waals surface area contributed by atoms with Crippen LogP contribution in [0.15, 0.2) is 18.2 Å². The summed E-state index contributed by atoms with van der Waals surface area (Å²) in [6.07, 6.45) is 2.83. The van der Waals surface area contributed by atoms with E-state index in [4.69, 9.17) is 0 Å². The van der Waals surface area contributed by atoms with E-state index in [-0.39, 0.29) is 0 Å². The maximum absolute atomic E-state index is 2.48. The SMILES string of the molecule is CN(C)c1ccc2c(c1)C[NH2+]C[C@H]2[NH+]1CCCC1. The van der Waals surface area contributed by atoms with Gasteiger partial charge < -0.3 is 15.1 Å². The molecule has 0 unspecified atom stereocenters. The summed E-state index contributed by atoms with van der Waals surface area (Å²) in [4.78, 5) is 4.01. The molecule has 3 rings (SSSR count). The zero-order valence-corrected chi connectivity index (χ0v) is 11.6. The lowest BCUT2D eigenvalue weighted by molar-refractivity contribution is -0.937. The van der Waals surface area contributed by atoms with Gasteiger partial charge >= 0.3 is 0 Å². The molecule has 0 saturated carbocycles. The molecule has 2 aliphatic heterocycles. The summed E-state index contributed by atoms with van der Waals surface area (Å²) in [5.41, 5.74) is 4.50. The minimum Gasteiger partial charge on any atom is -0.378 e. The Morgan fingerprint density at radius 1 is 1.22 bits per heavy atom. The third kappa shape index (κ3) is 2.13. The fourth-order valence-corrected chi connectivity index (χ4v) is 3.48. The van der Waals surface area contributed by atoms with Crippen molar-refractivity contribution in [1.29, 1.82) is 0 Å². The van der Waals surface area contributed by atoms with Crippen molar-refractivity contribution in [2.45, 2.75) is 25.4 Å². The number of rotatable bonds is 2. The highest BCUT2D eigenvalue weighted by Gasteiger charge is 2.33. The first-order valence-electron chi connectivity index (χ1n) is 7.22. The number of hydrogen-bond donors (Lipinski definition) is 2. The fraction of sp³-hybridized carbons (Fsp3) is 0.600. The van der Waals surface area contributed by atoms with Crippen LogP contribution in [0.1, 0.15) is 30.0 Å². The largest absolute Gasteiger partial charge is 0.378 e. The number of quaternary nitrogens is 2. The van der Waals surface area contributed by atoms with Crippen LogP contribution in [0.4, 0.5) is 5.69 Å². The first-order chi connectivity index (χ1) is 8.75. The second-order valence-corrected chi connectivity index (χ2v) is 5.92. The van der Waals surface area contributed by atoms with Crippen molar-refractivity contribution in [3.8, 4) is 0 Å². The van der Waals surface area contributed by atoms with Gasteiger partial charge in [0.25, 0.3) is 0 Å². The monoisotopic (exact) mass is 247 g/mol. The molecule has 1 fully saturated rings. The van der Waals surface area contributed by atoms with Crippen LogP contribution in [0.25, 0.3) is 0 Å². The van der Waals surface area contributed by atoms with E-state index in [0.717, 1.165) is 12.6 Å². The van der Waals surface area contributed by atoms with Crippen LogP contribution in [0.5, 0.6) is 0 Å². The fourth-order valence-electron chi connectivity index (χ4n) is 3.48. The van der Waals surface area contributed by atoms with Crippen molar-refractivity contribution < 1.29 is 10.2 Å². The number of hydrogen-bond acceptors (Lipinski definition) is 1. The molecule has 3 nitrogen and oxygen atoms in total. The maximum atomic E-state index is 2.48. The van der Waals surface area contributed by atoms with Crippen molar-refractivity contribution in [3.05, 3.63) is 29.3 Å². The molecule has 0 aliphatic carbocycles. The summed E-state index contributed by atoms with van der Waals surface area (Å²) in [5.74, 6) is 0. The van der Waals surface area contributed by atoms with Crippen LogP contribution < -0.4 is 15.1 Å². The molecule has 3 heteroatoms. The van der Waals surface area contributed by atoms with E-state index in [1.165, 1.54) is 38.2 Å². The first kappa shape index (κ1) is 12.0. The summed E-state index contributed by atoms with van der Waals surface area (Å²) < 4.78 is 0. The highest BCUT2D eigenvalue weighted by Crippen LogP contribution is 2.23. The van der Waals surface area contributed by atoms with E-state index in [1.807, 2.05) is 4.90 Å². The summed E-state index contributed by atoms with van der Waals surface area (Å²) >= 11 is 0. The molecule has 1 aromatic carbocycles. The molecule has 0 bridgehead atoms. The van der Waals surface area contributed by atoms with E-state index in [9.17, 15) is 0 Å². The van der Waals surface area contributed by atoms with Gasteiger partial charge in [-0.3, -0.25) is 0 Å². The Kier molecular flexibility index (Phi) is 3.27. The predicted octanol–water partition coefficient (Wildman–Crippen LogP) is -0.451. The van der Waals surface area contributed by atoms with Crippen molar-refractivity contribution in [1.82, 2.24) is 0 Å². The lowest BCUT2D eigenvalue weighted by Crippen LogP contribution is -3.13. The van der Waals surface area contributed by atoms with Gasteiger partial charge in [-0.1, -0.05) is 6.07 Å². The smallest absolute Gasteiger partial charge is 0.163 e. The van der Waals surface area contributed by atoms with Gasteiger partial charge in [0.05, 0.1) is 13.1 Å². The second kappa shape index (κ2) is 4.90. The molecule has 18 heavy (non-hydrogen) atoms. The molecule has 0 spiro atoms. The van der Waals surface area contributed by atoms with Crippen LogP contribution in [-0.4, -0.2) is 33.7 Å². The third-order valence-corrected chi connectivity index (χ3v) is 4.52. The normalized spacial score (nSPS) is 24.0. The summed E-state index contributed by atoms with van der Waals surface area (Å²) in [5, 5.41) is 2.48. The molecule has 0 aromatic heterocycles. The van der Waals surface area contributed by atoms with Gasteiger partial charge in [0, 0.05) is 43.8 Å². The van der Waals surface area contributed by atoms with Crippen LogP contribution in [-0.2, 0) is 6.54 Å². The first-order valence-corrected chi connectivity index (χ1v) is 7.22. The van der Waals surface area contributed by atoms with Gasteiger partial charge in [0.15, 0.2) is 6.04 Å². The molecule has 2 aliphatic rings. The number of nitrogens with zero attached hydrogens (tertiary/aromatic N) is 1. The molecule has 1 aromatic rings. The average Bonchev–Trinajstić information content (AvgIpc) is 2.91. The number of anilines is 1. The Morgan fingerprint density at radius 2 is 2.00 bits per heavy atom. The molecule has 2 heterocycles. The molecule has 0 amide bonds. The number of nitrogens with two attached hydrogens (primary N) is 1. The highest BCUT2D eigenvalue weighted by molar-refractivity contribution is 5.50. The van der Waals surface area contributed by atoms with E-state index in [2.05, 4.69) is 42.5 Å². The van der Waals surface area contributed by atoms with Crippen molar-refractivity contribution >= 4 is 5.69 Å². The number of benzene rings is 1. The molecule has 3 N–H and O–H groups in total. The Morgan fingerprint density at radius 3 is 2.72 bits per heavy atom. The van der Waals surface area contributed by atoms with E-state index >= 15 is 0 Å². The quantitative estimate of drug-likeness (QED) is 0.727. The van der Waals surface area contributed by atoms with Crippen LogP contribution in [0, 0.1) is 0 Å². The highest BCUT2D eigenvalue weighted by atomic mass is 15.2. The summed E-state index contributed by atoms with van der Waals surface area (Å²) in [6, 6.07) is 7.78. The predicted molar refractivity (Wildman–Crippen MR) is 73.9 cm³/mol. The standard InChI is InChI=1S/C15H23N3/c1-17(2)13-5-6-14-12(9-13)10-16-11-15(14)18-7-3-4-8-18/h5-6,9,15-16H,3-4,7-8,10-11H2,1-2H3/p+2/t15-/m1/s1. The van der Waals surface area contributed by atoms with Crippen molar-refractivity contribution in [2.75, 3.05) is 38.6 Å². The minimum absolute atomic E-state index is 0.729. The lowest BCUT2D eigenvalue weighted by Gasteiger charge is -2.29. The molecular weight excluding hydrogens is 222 g/mol. The zero-order chi connectivity index (χ0) is 12.5. The van der Waals surface area contributed by atoms with E-state index < -0.39 is 0 Å². The topological polar surface area (TPSA) is 24.3 Å². The third-order valence-electron chi connectivity index (χ3n) is 4.52. The van der Waals surface area contributed by atoms with Gasteiger partial charge in [-0.25, -0.2) is 0 Å². The Bertz CT molecular complexity index is 422. The minimum atomic E-state index is 0.729. The molecule has 1 atom stereocenters. The Labute approximate surface area is 110 Å². The van der Waals surface area contributed by atoms with Crippen LogP contribution >= 0.6 is 0 Å². The van der Waals surface area contributed by atoms with Gasteiger partial charge in [-0.2, -0.15) is 0 Å². The number of nitrogens with one attached hydrogen (secondary N) is 1. The van der Waals surface area contributed by atoms with Crippen LogP contribution in [0.3, 0.4) is 0 Å². The summed E-state index contributed by atoms with van der Waals surface area (Å²) in [7, 11) is 4.24. The lowest BCUT2D eigenvalue weighted by atomic mass is 9.95. The average molecular weight is 247 g/mol. The second-order valence-electron chi connectivity index (χ2n) is 5.92. The van der Waals surface area contributed by atoms with Crippen molar-refractivity contribution in [2.24, 2.45) is 0 Å². The Hall–Kier alpha value is -1.06. The van der Waals surface area contributed by atoms with Gasteiger partial charge in [-0.15, -0.1) is 0 Å². The van der Waals surface area contributed by atoms with Gasteiger partial charge in [0.2, 0.25) is 0 Å². The van der Waals surface area contributed by atoms with E-state index in [1.54, 1.807) is 11.1 Å².